The molecule has 3 nitrogen and oxygen atoms in total. The Hall–Kier alpha value is -0.190. The summed E-state index contributed by atoms with van der Waals surface area (Å²) in [4.78, 5) is 2.97. The Balaban J connectivity index is 4.06. The van der Waals surface area contributed by atoms with Crippen molar-refractivity contribution in [3.8, 4) is 0 Å². The molecule has 16 heavy (non-hydrogen) atoms. The Labute approximate surface area is 105 Å². The number of nitrogens with two attached hydrogens (primary N) is 1. The first kappa shape index (κ1) is 15.8. The Morgan fingerprint density at radius 1 is 1.50 bits per heavy atom. The highest BCUT2D eigenvalue weighted by atomic mass is 32.1. The molecule has 0 spiro atoms. The van der Waals surface area contributed by atoms with Crippen LogP contribution < -0.4 is 5.73 Å². The average molecular weight is 246 g/mol. The molecule has 1 unspecified atom stereocenters. The highest BCUT2D eigenvalue weighted by molar-refractivity contribution is 7.80. The molecule has 0 amide bonds. The standard InChI is InChI=1S/C12H26N2OS/c1-6-14(9-10(2)11(13)16)8-7-12(3,4)15-5/h10H,6-9H2,1-5H3,(H2,13,16). The number of hydrogen-bond donors (Lipinski definition) is 1. The van der Waals surface area contributed by atoms with E-state index in [2.05, 4.69) is 32.6 Å². The zero-order valence-electron chi connectivity index (χ0n) is 11.2. The van der Waals surface area contributed by atoms with Crippen LogP contribution in [0.4, 0.5) is 0 Å². The van der Waals surface area contributed by atoms with E-state index in [0.717, 1.165) is 26.1 Å². The van der Waals surface area contributed by atoms with Crippen molar-refractivity contribution in [3.05, 3.63) is 0 Å². The van der Waals surface area contributed by atoms with Gasteiger partial charge in [-0.15, -0.1) is 0 Å². The van der Waals surface area contributed by atoms with Crippen LogP contribution in [-0.4, -0.2) is 42.2 Å². The number of hydrogen-bond acceptors (Lipinski definition) is 3. The van der Waals surface area contributed by atoms with Crippen LogP contribution in [0, 0.1) is 5.92 Å². The van der Waals surface area contributed by atoms with Gasteiger partial charge in [-0.25, -0.2) is 0 Å². The van der Waals surface area contributed by atoms with E-state index in [4.69, 9.17) is 22.7 Å². The van der Waals surface area contributed by atoms with Gasteiger partial charge < -0.3 is 15.4 Å². The summed E-state index contributed by atoms with van der Waals surface area (Å²) in [6.07, 6.45) is 1.02. The quantitative estimate of drug-likeness (QED) is 0.665. The first-order valence-corrected chi connectivity index (χ1v) is 6.30. The van der Waals surface area contributed by atoms with E-state index in [-0.39, 0.29) is 11.5 Å². The van der Waals surface area contributed by atoms with Gasteiger partial charge in [-0.3, -0.25) is 0 Å². The molecule has 0 radical (unpaired) electrons. The van der Waals surface area contributed by atoms with Gasteiger partial charge in [0.15, 0.2) is 0 Å². The number of thiocarbonyl (C=S) groups is 1. The molecular weight excluding hydrogens is 220 g/mol. The molecule has 0 aromatic rings. The fraction of sp³-hybridized carbons (Fsp3) is 0.917. The largest absolute Gasteiger partial charge is 0.393 e. The molecule has 96 valence electrons. The van der Waals surface area contributed by atoms with Crippen molar-refractivity contribution in [2.45, 2.75) is 39.7 Å². The summed E-state index contributed by atoms with van der Waals surface area (Å²) in [5, 5.41) is 0. The molecule has 0 aromatic heterocycles. The van der Waals surface area contributed by atoms with Gasteiger partial charge in [0.2, 0.25) is 0 Å². The predicted octanol–water partition coefficient (Wildman–Crippen LogP) is 2.05. The van der Waals surface area contributed by atoms with Crippen LogP contribution in [0.3, 0.4) is 0 Å². The van der Waals surface area contributed by atoms with Crippen LogP contribution in [0.25, 0.3) is 0 Å². The summed E-state index contributed by atoms with van der Waals surface area (Å²) in [7, 11) is 1.76. The lowest BCUT2D eigenvalue weighted by Gasteiger charge is -2.29. The second kappa shape index (κ2) is 7.20. The van der Waals surface area contributed by atoms with Crippen molar-refractivity contribution in [2.24, 2.45) is 11.7 Å². The van der Waals surface area contributed by atoms with Gasteiger partial charge in [0.05, 0.1) is 10.6 Å². The lowest BCUT2D eigenvalue weighted by Crippen LogP contribution is -2.37. The van der Waals surface area contributed by atoms with Gasteiger partial charge in [-0.1, -0.05) is 26.1 Å². The lowest BCUT2D eigenvalue weighted by atomic mass is 10.0. The van der Waals surface area contributed by atoms with Gasteiger partial charge in [0, 0.05) is 26.1 Å². The molecule has 0 aliphatic carbocycles. The third-order valence-electron chi connectivity index (χ3n) is 3.05. The van der Waals surface area contributed by atoms with Crippen LogP contribution in [0.1, 0.15) is 34.1 Å². The van der Waals surface area contributed by atoms with Crippen molar-refractivity contribution in [3.63, 3.8) is 0 Å². The van der Waals surface area contributed by atoms with E-state index in [9.17, 15) is 0 Å². The molecule has 1 atom stereocenters. The van der Waals surface area contributed by atoms with Gasteiger partial charge in [0.25, 0.3) is 0 Å². The number of ether oxygens (including phenoxy) is 1. The molecule has 4 heteroatoms. The Morgan fingerprint density at radius 3 is 2.44 bits per heavy atom. The molecule has 0 aliphatic heterocycles. The van der Waals surface area contributed by atoms with E-state index in [0.29, 0.717) is 4.99 Å². The summed E-state index contributed by atoms with van der Waals surface area (Å²) in [5.41, 5.74) is 5.57. The molecular formula is C12H26N2OS. The maximum absolute atomic E-state index is 5.63. The number of nitrogens with zero attached hydrogens (tertiary/aromatic N) is 1. The van der Waals surface area contributed by atoms with Crippen LogP contribution in [0.5, 0.6) is 0 Å². The Morgan fingerprint density at radius 2 is 2.06 bits per heavy atom. The monoisotopic (exact) mass is 246 g/mol. The highest BCUT2D eigenvalue weighted by Gasteiger charge is 2.18. The maximum Gasteiger partial charge on any atom is 0.0768 e. The molecule has 2 N–H and O–H groups in total. The molecule has 0 aliphatic rings. The third-order valence-corrected chi connectivity index (χ3v) is 3.45. The van der Waals surface area contributed by atoms with Gasteiger partial charge in [0.1, 0.15) is 0 Å². The molecule has 0 rings (SSSR count). The van der Waals surface area contributed by atoms with Gasteiger partial charge in [-0.05, 0) is 26.8 Å². The first-order chi connectivity index (χ1) is 7.32. The topological polar surface area (TPSA) is 38.5 Å². The van der Waals surface area contributed by atoms with Crippen molar-refractivity contribution >= 4 is 17.2 Å². The summed E-state index contributed by atoms with van der Waals surface area (Å²) < 4.78 is 5.41. The molecule has 0 saturated carbocycles. The van der Waals surface area contributed by atoms with E-state index < -0.39 is 0 Å². The minimum atomic E-state index is -0.0557. The van der Waals surface area contributed by atoms with E-state index >= 15 is 0 Å². The maximum atomic E-state index is 5.63. The fourth-order valence-electron chi connectivity index (χ4n) is 1.39. The van der Waals surface area contributed by atoms with Crippen molar-refractivity contribution < 1.29 is 4.74 Å². The normalized spacial score (nSPS) is 14.1. The minimum absolute atomic E-state index is 0.0557. The second-order valence-electron chi connectivity index (χ2n) is 4.91. The summed E-state index contributed by atoms with van der Waals surface area (Å²) in [5.74, 6) is 0.278. The molecule has 0 aromatic carbocycles. The van der Waals surface area contributed by atoms with E-state index in [1.54, 1.807) is 7.11 Å². The van der Waals surface area contributed by atoms with Crippen LogP contribution in [0.2, 0.25) is 0 Å². The second-order valence-corrected chi connectivity index (χ2v) is 5.38. The smallest absolute Gasteiger partial charge is 0.0768 e. The zero-order valence-corrected chi connectivity index (χ0v) is 12.1. The van der Waals surface area contributed by atoms with Gasteiger partial charge >= 0.3 is 0 Å². The van der Waals surface area contributed by atoms with Crippen LogP contribution >= 0.6 is 12.2 Å². The zero-order chi connectivity index (χ0) is 12.8. The van der Waals surface area contributed by atoms with Crippen molar-refractivity contribution in [2.75, 3.05) is 26.7 Å². The molecule has 0 bridgehead atoms. The average Bonchev–Trinajstić information content (AvgIpc) is 2.23. The SMILES string of the molecule is CCN(CCC(C)(C)OC)CC(C)C(N)=S. The minimum Gasteiger partial charge on any atom is -0.393 e. The molecule has 0 heterocycles. The summed E-state index contributed by atoms with van der Waals surface area (Å²) >= 11 is 4.99. The van der Waals surface area contributed by atoms with Gasteiger partial charge in [-0.2, -0.15) is 0 Å². The fourth-order valence-corrected chi connectivity index (χ4v) is 1.46. The van der Waals surface area contributed by atoms with Crippen LogP contribution in [-0.2, 0) is 4.74 Å². The summed E-state index contributed by atoms with van der Waals surface area (Å²) in [6.45, 7) is 11.4. The van der Waals surface area contributed by atoms with E-state index in [1.165, 1.54) is 0 Å². The molecule has 0 saturated heterocycles. The van der Waals surface area contributed by atoms with Crippen molar-refractivity contribution in [1.29, 1.82) is 0 Å². The van der Waals surface area contributed by atoms with Crippen molar-refractivity contribution in [1.82, 2.24) is 4.90 Å². The number of rotatable bonds is 8. The lowest BCUT2D eigenvalue weighted by molar-refractivity contribution is 0.00739. The van der Waals surface area contributed by atoms with Crippen LogP contribution in [0.15, 0.2) is 0 Å². The Kier molecular flexibility index (Phi) is 7.11. The summed E-state index contributed by atoms with van der Waals surface area (Å²) in [6, 6.07) is 0. The van der Waals surface area contributed by atoms with E-state index in [1.807, 2.05) is 0 Å². The Bertz CT molecular complexity index is 219. The third kappa shape index (κ3) is 6.40. The first-order valence-electron chi connectivity index (χ1n) is 5.89. The predicted molar refractivity (Wildman–Crippen MR) is 73.8 cm³/mol. The molecule has 0 fully saturated rings. The number of methoxy groups -OCH3 is 1. The highest BCUT2D eigenvalue weighted by Crippen LogP contribution is 2.14.